The number of benzene rings is 6. The first-order valence-corrected chi connectivity index (χ1v) is 25.0. The van der Waals surface area contributed by atoms with Crippen LogP contribution in [0.25, 0.3) is 0 Å². The number of hydrogen-bond acceptors (Lipinski definition) is 14. The molecule has 1 heterocycles. The van der Waals surface area contributed by atoms with Crippen molar-refractivity contribution in [2.24, 2.45) is 13.5 Å². The van der Waals surface area contributed by atoms with Crippen LogP contribution in [-0.4, -0.2) is 58.6 Å². The molecule has 1 atom stereocenters. The van der Waals surface area contributed by atoms with E-state index in [1.807, 2.05) is 66.7 Å². The van der Waals surface area contributed by atoms with Crippen molar-refractivity contribution in [3.8, 4) is 34.5 Å². The van der Waals surface area contributed by atoms with Gasteiger partial charge < -0.3 is 52.7 Å². The second kappa shape index (κ2) is 21.8. The number of nitrogens with zero attached hydrogens (tertiary/aromatic N) is 3. The van der Waals surface area contributed by atoms with Gasteiger partial charge in [0.2, 0.25) is 0 Å². The van der Waals surface area contributed by atoms with Crippen LogP contribution < -0.4 is 27.1 Å². The van der Waals surface area contributed by atoms with E-state index in [1.54, 1.807) is 84.9 Å². The van der Waals surface area contributed by atoms with Gasteiger partial charge in [-0.05, 0) is 102 Å². The Morgan fingerprint density at radius 2 is 0.508 bits per heavy atom. The summed E-state index contributed by atoms with van der Waals surface area (Å²) in [5.74, 6) is 1.75. The van der Waals surface area contributed by atoms with E-state index in [-0.39, 0.29) is 88.1 Å². The molecule has 5 N–H and O–H groups in total. The fourth-order valence-electron chi connectivity index (χ4n) is 6.62. The molecule has 330 valence electrons. The summed E-state index contributed by atoms with van der Waals surface area (Å²) in [6.45, 7) is -0.961. The van der Waals surface area contributed by atoms with Crippen LogP contribution in [0.15, 0.2) is 165 Å². The van der Waals surface area contributed by atoms with Crippen LogP contribution in [0.1, 0.15) is 27.8 Å². The molecule has 1 unspecified atom stereocenters. The Morgan fingerprint density at radius 3 is 0.762 bits per heavy atom. The third-order valence-corrected chi connectivity index (χ3v) is 17.5. The highest BCUT2D eigenvalue weighted by Gasteiger charge is 2.49. The zero-order valence-corrected chi connectivity index (χ0v) is 37.1. The minimum Gasteiger partial charge on any atom is -0.413 e. The molecule has 1 aliphatic heterocycles. The Hall–Kier alpha value is -5.39. The number of rotatable bonds is 22. The molecule has 0 spiro atoms. The van der Waals surface area contributed by atoms with Gasteiger partial charge in [0.05, 0.1) is 0 Å². The molecule has 0 aliphatic carbocycles. The standard InChI is InChI=1S/C46H50N3O11P3/c50-31-26-36-14-4-9-21-42(36)56-61(55-41-19-2-1-3-20-41)47-62(57-43-22-10-5-15-37(43)27-32-51,58-44-23-11-6-16-38(44)28-33-52)49-63(48-61,59-45-24-12-7-17-39(45)29-34-53)60-46-25-13-8-18-40(46)30-35-54/h1-25,50-54H,26-35H2. The van der Waals surface area contributed by atoms with E-state index in [4.69, 9.17) is 40.7 Å². The lowest BCUT2D eigenvalue weighted by Crippen LogP contribution is -2.13. The topological polar surface area (TPSA) is 194 Å². The molecule has 7 rings (SSSR count). The number of aliphatic hydroxyl groups is 5. The summed E-state index contributed by atoms with van der Waals surface area (Å²) in [7, 11) is -13.1. The Labute approximate surface area is 367 Å². The Kier molecular flexibility index (Phi) is 15.8. The molecule has 17 heteroatoms. The highest BCUT2D eigenvalue weighted by molar-refractivity contribution is 7.79. The largest absolute Gasteiger partial charge is 0.460 e. The summed E-state index contributed by atoms with van der Waals surface area (Å²) in [5.41, 5.74) is 3.11. The van der Waals surface area contributed by atoms with Crippen molar-refractivity contribution < 1.29 is 52.7 Å². The van der Waals surface area contributed by atoms with Gasteiger partial charge in [0.25, 0.3) is 0 Å². The zero-order valence-electron chi connectivity index (χ0n) is 34.4. The monoisotopic (exact) mass is 913 g/mol. The molecule has 0 bridgehead atoms. The molecule has 1 aliphatic rings. The minimum atomic E-state index is -4.37. The summed E-state index contributed by atoms with van der Waals surface area (Å²) >= 11 is 0. The maximum Gasteiger partial charge on any atom is 0.460 e. The first-order chi connectivity index (χ1) is 30.8. The summed E-state index contributed by atoms with van der Waals surface area (Å²) in [5, 5.41) is 50.9. The van der Waals surface area contributed by atoms with Crippen LogP contribution in [0.4, 0.5) is 0 Å². The van der Waals surface area contributed by atoms with Gasteiger partial charge in [0.1, 0.15) is 34.5 Å². The third kappa shape index (κ3) is 11.6. The van der Waals surface area contributed by atoms with E-state index in [0.717, 1.165) is 0 Å². The lowest BCUT2D eigenvalue weighted by Gasteiger charge is -2.34. The second-order valence-corrected chi connectivity index (χ2v) is 20.2. The molecule has 0 radical (unpaired) electrons. The van der Waals surface area contributed by atoms with Crippen LogP contribution in [0, 0.1) is 0 Å². The SMILES string of the molecule is OCCc1ccccc1OP1(Oc2ccccc2)=NP(Oc2ccccc2CCO)(Oc2ccccc2CCO)=NP(Oc2ccccc2CCO)(Oc2ccccc2CCO)=N1. The highest BCUT2D eigenvalue weighted by Crippen LogP contribution is 2.79. The Balaban J connectivity index is 1.65. The van der Waals surface area contributed by atoms with Gasteiger partial charge in [-0.3, -0.25) is 0 Å². The molecule has 0 amide bonds. The zero-order chi connectivity index (χ0) is 44.0. The van der Waals surface area contributed by atoms with Crippen molar-refractivity contribution in [1.29, 1.82) is 0 Å². The lowest BCUT2D eigenvalue weighted by atomic mass is 10.1. The quantitative estimate of drug-likeness (QED) is 0.0407. The van der Waals surface area contributed by atoms with Crippen LogP contribution in [-0.2, 0) is 32.1 Å². The normalized spacial score (nSPS) is 16.1. The van der Waals surface area contributed by atoms with Gasteiger partial charge in [0, 0.05) is 33.0 Å². The molecule has 0 fully saturated rings. The first kappa shape index (κ1) is 45.6. The van der Waals surface area contributed by atoms with E-state index in [0.29, 0.717) is 39.3 Å². The summed E-state index contributed by atoms with van der Waals surface area (Å²) in [6.07, 6.45) is 1.07. The van der Waals surface area contributed by atoms with E-state index in [2.05, 4.69) is 0 Å². The maximum atomic E-state index is 10.2. The summed E-state index contributed by atoms with van der Waals surface area (Å²) in [6, 6.07) is 44.5. The van der Waals surface area contributed by atoms with Gasteiger partial charge >= 0.3 is 23.0 Å². The molecule has 0 saturated carbocycles. The van der Waals surface area contributed by atoms with Gasteiger partial charge in [-0.15, -0.1) is 0 Å². The molecule has 6 aromatic rings. The second-order valence-electron chi connectivity index (χ2n) is 14.0. The van der Waals surface area contributed by atoms with Crippen LogP contribution in [0.3, 0.4) is 0 Å². The van der Waals surface area contributed by atoms with E-state index < -0.39 is 23.0 Å². The highest BCUT2D eigenvalue weighted by atomic mass is 31.3. The Morgan fingerprint density at radius 1 is 0.286 bits per heavy atom. The van der Waals surface area contributed by atoms with Crippen LogP contribution >= 0.6 is 23.0 Å². The van der Waals surface area contributed by atoms with Gasteiger partial charge in [-0.2, -0.15) is 0 Å². The van der Waals surface area contributed by atoms with E-state index in [1.165, 1.54) is 0 Å². The van der Waals surface area contributed by atoms with Crippen molar-refractivity contribution >= 4 is 23.0 Å². The Bertz CT molecular complexity index is 2410. The number of aliphatic hydroxyl groups excluding tert-OH is 5. The van der Waals surface area contributed by atoms with E-state index >= 15 is 0 Å². The molecule has 0 saturated heterocycles. The van der Waals surface area contributed by atoms with Gasteiger partial charge in [-0.25, -0.2) is 0 Å². The molecule has 14 nitrogen and oxygen atoms in total. The number of hydrogen-bond donors (Lipinski definition) is 5. The third-order valence-electron chi connectivity index (χ3n) is 9.50. The molecular weight excluding hydrogens is 863 g/mol. The fraction of sp³-hybridized carbons (Fsp3) is 0.217. The van der Waals surface area contributed by atoms with Crippen molar-refractivity contribution in [2.75, 3.05) is 33.0 Å². The summed E-state index contributed by atoms with van der Waals surface area (Å²) < 4.78 is 58.4. The number of para-hydroxylation sites is 6. The average molecular weight is 914 g/mol. The smallest absolute Gasteiger partial charge is 0.413 e. The van der Waals surface area contributed by atoms with Gasteiger partial charge in [-0.1, -0.05) is 123 Å². The van der Waals surface area contributed by atoms with Crippen molar-refractivity contribution in [3.05, 3.63) is 179 Å². The molecule has 6 aromatic carbocycles. The van der Waals surface area contributed by atoms with Crippen molar-refractivity contribution in [2.45, 2.75) is 32.1 Å². The maximum absolute atomic E-state index is 10.2. The lowest BCUT2D eigenvalue weighted by molar-refractivity contribution is 0.297. The average Bonchev–Trinajstić information content (AvgIpc) is 3.28. The molecular formula is C46H50N3O11P3. The minimum absolute atomic E-state index is 0.187. The van der Waals surface area contributed by atoms with Crippen LogP contribution in [0.5, 0.6) is 34.5 Å². The molecule has 63 heavy (non-hydrogen) atoms. The summed E-state index contributed by atoms with van der Waals surface area (Å²) in [4.78, 5) is 0. The fourth-order valence-corrected chi connectivity index (χ4v) is 15.9. The predicted octanol–water partition coefficient (Wildman–Crippen LogP) is 9.99. The van der Waals surface area contributed by atoms with E-state index in [9.17, 15) is 25.5 Å². The van der Waals surface area contributed by atoms with Gasteiger partial charge in [0.15, 0.2) is 0 Å². The first-order valence-electron chi connectivity index (χ1n) is 20.4. The molecule has 0 aromatic heterocycles. The van der Waals surface area contributed by atoms with Crippen molar-refractivity contribution in [1.82, 2.24) is 0 Å². The van der Waals surface area contributed by atoms with Crippen molar-refractivity contribution in [3.63, 3.8) is 0 Å². The van der Waals surface area contributed by atoms with Crippen LogP contribution in [0.2, 0.25) is 0 Å². The predicted molar refractivity (Wildman–Crippen MR) is 244 cm³/mol.